The van der Waals surface area contributed by atoms with Gasteiger partial charge in [-0.15, -0.1) is 0 Å². The number of benzene rings is 4. The third-order valence-electron chi connectivity index (χ3n) is 6.28. The van der Waals surface area contributed by atoms with Crippen LogP contribution < -0.4 is 20.1 Å². The van der Waals surface area contributed by atoms with Crippen molar-refractivity contribution in [3.05, 3.63) is 105 Å². The van der Waals surface area contributed by atoms with E-state index in [0.717, 1.165) is 38.7 Å². The number of hydrogen-bond acceptors (Lipinski definition) is 7. The standard InChI is InChI=1S/C29H24N4O4S/c1-16(36-19-8-5-17(6-9-19)13-26-28(34)33-29(35)38-26)27-31-24-12-11-21(15-25(24)32-27)37-20-10-7-18-3-2-4-23(30)22(18)14-20/h2-12,14-16,34H,13,30H2,1H3,(H,31,32)(H,33,35). The molecule has 6 rings (SSSR count). The van der Waals surface area contributed by atoms with E-state index in [0.29, 0.717) is 40.1 Å². The number of ether oxygens (including phenoxy) is 2. The zero-order valence-corrected chi connectivity index (χ0v) is 21.2. The van der Waals surface area contributed by atoms with Gasteiger partial charge in [-0.1, -0.05) is 41.7 Å². The van der Waals surface area contributed by atoms with E-state index in [2.05, 4.69) is 15.0 Å². The number of nitrogens with two attached hydrogens (primary N) is 1. The molecule has 2 heterocycles. The van der Waals surface area contributed by atoms with Gasteiger partial charge in [0.25, 0.3) is 0 Å². The van der Waals surface area contributed by atoms with Gasteiger partial charge in [0.15, 0.2) is 6.10 Å². The number of fused-ring (bicyclic) bond motifs is 2. The predicted molar refractivity (Wildman–Crippen MR) is 149 cm³/mol. The number of nitrogens with zero attached hydrogens (tertiary/aromatic N) is 1. The number of H-pyrrole nitrogens is 2. The second-order valence-electron chi connectivity index (χ2n) is 9.00. The summed E-state index contributed by atoms with van der Waals surface area (Å²) in [7, 11) is 0. The summed E-state index contributed by atoms with van der Waals surface area (Å²) < 4.78 is 12.2. The van der Waals surface area contributed by atoms with Crippen LogP contribution in [0, 0.1) is 0 Å². The van der Waals surface area contributed by atoms with E-state index >= 15 is 0 Å². The van der Waals surface area contributed by atoms with Crippen molar-refractivity contribution in [2.45, 2.75) is 19.4 Å². The molecule has 9 heteroatoms. The van der Waals surface area contributed by atoms with E-state index in [-0.39, 0.29) is 16.9 Å². The Morgan fingerprint density at radius 3 is 2.53 bits per heavy atom. The van der Waals surface area contributed by atoms with Crippen LogP contribution in [0.25, 0.3) is 21.8 Å². The zero-order chi connectivity index (χ0) is 26.2. The van der Waals surface area contributed by atoms with Crippen LogP contribution in [0.4, 0.5) is 5.69 Å². The van der Waals surface area contributed by atoms with Gasteiger partial charge in [-0.05, 0) is 60.3 Å². The Hall–Kier alpha value is -4.76. The fourth-order valence-electron chi connectivity index (χ4n) is 4.34. The molecule has 2 aromatic heterocycles. The molecule has 0 aliphatic heterocycles. The first-order valence-electron chi connectivity index (χ1n) is 12.0. The summed E-state index contributed by atoms with van der Waals surface area (Å²) >= 11 is 1.01. The Morgan fingerprint density at radius 1 is 0.974 bits per heavy atom. The molecular weight excluding hydrogens is 500 g/mol. The number of imidazole rings is 1. The first-order chi connectivity index (χ1) is 18.4. The lowest BCUT2D eigenvalue weighted by Crippen LogP contribution is -2.05. The third-order valence-corrected chi connectivity index (χ3v) is 7.15. The minimum Gasteiger partial charge on any atom is -0.494 e. The highest BCUT2D eigenvalue weighted by molar-refractivity contribution is 7.09. The summed E-state index contributed by atoms with van der Waals surface area (Å²) in [5.41, 5.74) is 9.45. The van der Waals surface area contributed by atoms with Crippen molar-refractivity contribution in [3.8, 4) is 23.1 Å². The maximum atomic E-state index is 11.4. The number of aromatic amines is 2. The Balaban J connectivity index is 1.15. The van der Waals surface area contributed by atoms with Crippen LogP contribution in [0.5, 0.6) is 23.1 Å². The molecule has 0 amide bonds. The molecule has 190 valence electrons. The molecule has 38 heavy (non-hydrogen) atoms. The molecule has 6 aromatic rings. The average molecular weight is 525 g/mol. The summed E-state index contributed by atoms with van der Waals surface area (Å²) in [5.74, 6) is 2.70. The number of thiazole rings is 1. The van der Waals surface area contributed by atoms with Crippen LogP contribution in [0.3, 0.4) is 0 Å². The van der Waals surface area contributed by atoms with Gasteiger partial charge in [0, 0.05) is 23.6 Å². The lowest BCUT2D eigenvalue weighted by molar-refractivity contribution is 0.218. The van der Waals surface area contributed by atoms with Gasteiger partial charge in [0.2, 0.25) is 5.88 Å². The predicted octanol–water partition coefficient (Wildman–Crippen LogP) is 6.28. The molecule has 0 radical (unpaired) electrons. The lowest BCUT2D eigenvalue weighted by Gasteiger charge is -2.12. The Labute approximate surface area is 221 Å². The summed E-state index contributed by atoms with van der Waals surface area (Å²) in [6.45, 7) is 1.93. The fourth-order valence-corrected chi connectivity index (χ4v) is 5.10. The molecule has 1 atom stereocenters. The van der Waals surface area contributed by atoms with E-state index in [1.54, 1.807) is 0 Å². The molecule has 5 N–H and O–H groups in total. The van der Waals surface area contributed by atoms with Gasteiger partial charge in [0.05, 0.1) is 15.9 Å². The van der Waals surface area contributed by atoms with E-state index in [4.69, 9.17) is 15.2 Å². The van der Waals surface area contributed by atoms with Crippen molar-refractivity contribution in [1.29, 1.82) is 0 Å². The van der Waals surface area contributed by atoms with Crippen LogP contribution in [0.1, 0.15) is 29.3 Å². The van der Waals surface area contributed by atoms with Crippen molar-refractivity contribution >= 4 is 38.8 Å². The normalized spacial score (nSPS) is 12.1. The molecule has 0 saturated heterocycles. The van der Waals surface area contributed by atoms with E-state index < -0.39 is 0 Å². The average Bonchev–Trinajstić information content (AvgIpc) is 3.47. The summed E-state index contributed by atoms with van der Waals surface area (Å²) in [6, 6.07) is 24.9. The minimum atomic E-state index is -0.319. The molecule has 0 aliphatic carbocycles. The highest BCUT2D eigenvalue weighted by Crippen LogP contribution is 2.31. The van der Waals surface area contributed by atoms with E-state index in [9.17, 15) is 9.90 Å². The quantitative estimate of drug-likeness (QED) is 0.182. The van der Waals surface area contributed by atoms with Gasteiger partial charge >= 0.3 is 4.87 Å². The molecule has 1 unspecified atom stereocenters. The Morgan fingerprint density at radius 2 is 1.74 bits per heavy atom. The van der Waals surface area contributed by atoms with E-state index in [1.807, 2.05) is 85.8 Å². The number of rotatable bonds is 7. The Bertz CT molecular complexity index is 1820. The van der Waals surface area contributed by atoms with Gasteiger partial charge in [-0.3, -0.25) is 9.78 Å². The van der Waals surface area contributed by atoms with Crippen LogP contribution in [0.15, 0.2) is 83.7 Å². The van der Waals surface area contributed by atoms with Crippen molar-refractivity contribution in [2.24, 2.45) is 0 Å². The molecule has 0 bridgehead atoms. The first kappa shape index (κ1) is 23.6. The summed E-state index contributed by atoms with van der Waals surface area (Å²) in [4.78, 5) is 22.1. The molecule has 0 aliphatic rings. The topological polar surface area (TPSA) is 126 Å². The number of aromatic hydroxyl groups is 1. The lowest BCUT2D eigenvalue weighted by atomic mass is 10.1. The molecule has 0 saturated carbocycles. The zero-order valence-electron chi connectivity index (χ0n) is 20.4. The van der Waals surface area contributed by atoms with Gasteiger partial charge in [-0.2, -0.15) is 0 Å². The van der Waals surface area contributed by atoms with Crippen LogP contribution in [-0.4, -0.2) is 20.1 Å². The Kier molecular flexibility index (Phi) is 5.97. The van der Waals surface area contributed by atoms with Gasteiger partial charge in [0.1, 0.15) is 23.1 Å². The van der Waals surface area contributed by atoms with Crippen LogP contribution in [-0.2, 0) is 6.42 Å². The summed E-state index contributed by atoms with van der Waals surface area (Å²) in [5, 5.41) is 11.8. The second kappa shape index (κ2) is 9.60. The molecule has 8 nitrogen and oxygen atoms in total. The third kappa shape index (κ3) is 4.79. The number of hydrogen-bond donors (Lipinski definition) is 4. The molecule has 4 aromatic carbocycles. The van der Waals surface area contributed by atoms with Gasteiger partial charge < -0.3 is 25.3 Å². The smallest absolute Gasteiger partial charge is 0.307 e. The van der Waals surface area contributed by atoms with Crippen molar-refractivity contribution in [3.63, 3.8) is 0 Å². The SMILES string of the molecule is CC(Oc1ccc(Cc2sc(=O)[nH]c2O)cc1)c1nc2ccc(Oc3ccc4cccc(N)c4c3)cc2[nH]1. The first-order valence-corrected chi connectivity index (χ1v) is 12.9. The van der Waals surface area contributed by atoms with Gasteiger partial charge in [-0.25, -0.2) is 4.98 Å². The largest absolute Gasteiger partial charge is 0.494 e. The van der Waals surface area contributed by atoms with Crippen molar-refractivity contribution in [2.75, 3.05) is 5.73 Å². The highest BCUT2D eigenvalue weighted by Gasteiger charge is 2.14. The van der Waals surface area contributed by atoms with Crippen molar-refractivity contribution in [1.82, 2.24) is 15.0 Å². The maximum absolute atomic E-state index is 11.4. The number of nitrogens with one attached hydrogen (secondary N) is 2. The van der Waals surface area contributed by atoms with Crippen LogP contribution >= 0.6 is 11.3 Å². The van der Waals surface area contributed by atoms with Crippen molar-refractivity contribution < 1.29 is 14.6 Å². The monoisotopic (exact) mass is 524 g/mol. The molecule has 0 spiro atoms. The number of nitrogen functional groups attached to an aromatic ring is 1. The molecular formula is C29H24N4O4S. The van der Waals surface area contributed by atoms with E-state index in [1.165, 1.54) is 0 Å². The minimum absolute atomic E-state index is 0.0747. The molecule has 0 fully saturated rings. The fraction of sp³-hybridized carbons (Fsp3) is 0.103. The number of aromatic nitrogens is 3. The number of anilines is 1. The summed E-state index contributed by atoms with van der Waals surface area (Å²) in [6.07, 6.45) is 0.145. The maximum Gasteiger partial charge on any atom is 0.307 e. The second-order valence-corrected chi connectivity index (χ2v) is 10.1. The van der Waals surface area contributed by atoms with Crippen LogP contribution in [0.2, 0.25) is 0 Å². The highest BCUT2D eigenvalue weighted by atomic mass is 32.1.